The molecule has 8 aliphatic carbocycles. The van der Waals surface area contributed by atoms with Crippen molar-refractivity contribution in [2.45, 2.75) is 155 Å². The summed E-state index contributed by atoms with van der Waals surface area (Å²) >= 11 is 1.29. The van der Waals surface area contributed by atoms with Gasteiger partial charge in [-0.25, -0.2) is 0 Å². The van der Waals surface area contributed by atoms with Crippen LogP contribution in [0.2, 0.25) is 12.6 Å². The second-order valence-corrected chi connectivity index (χ2v) is 32.1. The summed E-state index contributed by atoms with van der Waals surface area (Å²) in [6.07, 6.45) is 15.9. The van der Waals surface area contributed by atoms with Crippen LogP contribution in [0.3, 0.4) is 0 Å². The second kappa shape index (κ2) is 23.6. The smallest absolute Gasteiger partial charge is 1.00 e. The maximum atomic E-state index is 11.4. The van der Waals surface area contributed by atoms with Crippen LogP contribution in [0, 0.1) is 59.2 Å². The van der Waals surface area contributed by atoms with Crippen molar-refractivity contribution in [3.05, 3.63) is 131 Å². The number of rotatable bonds is 12. The van der Waals surface area contributed by atoms with E-state index in [4.69, 9.17) is 0 Å². The van der Waals surface area contributed by atoms with Crippen LogP contribution in [0.5, 0.6) is 0 Å². The number of benzene rings is 4. The fraction of sp³-hybridized carbons (Fsp3) is 0.531. The third kappa shape index (κ3) is 12.6. The van der Waals surface area contributed by atoms with Crippen LogP contribution >= 0.6 is 0 Å². The van der Waals surface area contributed by atoms with Crippen molar-refractivity contribution in [2.24, 2.45) is 59.2 Å². The molecule has 0 heterocycles. The first-order chi connectivity index (χ1) is 33.3. The van der Waals surface area contributed by atoms with Crippen molar-refractivity contribution in [1.29, 1.82) is 0 Å². The molecule has 71 heavy (non-hydrogen) atoms. The van der Waals surface area contributed by atoms with Gasteiger partial charge in [-0.05, 0) is 183 Å². The monoisotopic (exact) mass is 1090 g/mol. The predicted octanol–water partition coefficient (Wildman–Crippen LogP) is 12.8. The summed E-state index contributed by atoms with van der Waals surface area (Å²) in [6.45, 7) is 11.1. The van der Waals surface area contributed by atoms with E-state index in [2.05, 4.69) is 137 Å². The summed E-state index contributed by atoms with van der Waals surface area (Å²) < 4.78 is 34.3. The first-order valence-corrected chi connectivity index (χ1v) is 33.3. The zero-order chi connectivity index (χ0) is 48.0. The summed E-state index contributed by atoms with van der Waals surface area (Å²) in [5.41, 5.74) is 11.0. The van der Waals surface area contributed by atoms with E-state index in [9.17, 15) is 13.2 Å². The molecule has 0 radical (unpaired) electrons. The maximum Gasteiger partial charge on any atom is -1.00 e. The number of fused-ring (bicyclic) bond motifs is 2. The van der Waals surface area contributed by atoms with Crippen LogP contribution in [-0.2, 0) is 36.2 Å². The topological polar surface area (TPSA) is 0 Å². The van der Waals surface area contributed by atoms with Crippen LogP contribution < -0.4 is 24.8 Å². The van der Waals surface area contributed by atoms with Gasteiger partial charge in [-0.3, -0.25) is 0 Å². The zero-order valence-corrected chi connectivity index (χ0v) is 48.0. The normalized spacial score (nSPS) is 27.5. The van der Waals surface area contributed by atoms with E-state index < -0.39 is 18.0 Å². The average molecular weight is 1090 g/mol. The Bertz CT molecular complexity index is 2460. The molecule has 8 fully saturated rings. The summed E-state index contributed by atoms with van der Waals surface area (Å²) in [7, 11) is 0. The van der Waals surface area contributed by atoms with Crippen LogP contribution in [0.1, 0.15) is 145 Å². The van der Waals surface area contributed by atoms with Gasteiger partial charge in [0.2, 0.25) is 0 Å². The summed E-state index contributed by atoms with van der Waals surface area (Å²) in [5.74, 6) is 11.6. The van der Waals surface area contributed by atoms with Gasteiger partial charge < -0.3 is 24.8 Å². The van der Waals surface area contributed by atoms with Gasteiger partial charge in [0.15, 0.2) is 0 Å². The molecule has 0 N–H and O–H groups in total. The van der Waals surface area contributed by atoms with Gasteiger partial charge in [-0.1, -0.05) is 99.5 Å². The molecule has 8 bridgehead atoms. The third-order valence-corrected chi connectivity index (χ3v) is 21.8. The van der Waals surface area contributed by atoms with Crippen LogP contribution in [0.4, 0.5) is 13.2 Å². The van der Waals surface area contributed by atoms with Crippen LogP contribution in [0.25, 0.3) is 43.8 Å². The molecule has 0 amide bonds. The quantitative estimate of drug-likeness (QED) is 0.0846. The summed E-state index contributed by atoms with van der Waals surface area (Å²) in [6, 6.07) is 42.8. The molecule has 7 heteroatoms. The van der Waals surface area contributed by atoms with Crippen molar-refractivity contribution >= 4 is 27.0 Å². The molecule has 378 valence electrons. The van der Waals surface area contributed by atoms with E-state index in [0.29, 0.717) is 17.9 Å². The SMILES string of the molecule is CCC(C)c1ccc(-c2cccc3[cH-]c(CC4C5CC6CC(C5)CC4C6)cc23)cc1.CCC(C)c1ccc(-c2cccc3[cH-]c(CC4C5CC6CC(C5)CC4C6)cc23)cc1.C[Si](=[Zr+2])CCC(F)(F)F.[Cl-].[Cl-]. The Kier molecular flexibility index (Phi) is 18.2. The molecule has 0 spiro atoms. The molecule has 8 saturated carbocycles. The summed E-state index contributed by atoms with van der Waals surface area (Å²) in [5, 5.41) is 5.76. The standard InChI is InChI=1S/2C30H35.C4H7F3Si.2ClH.Zr/c2*1-3-19(2)23-7-9-24(10-8-23)28-6-4-5-25-12-22(18-30(25)28)17-29-26-13-20-11-21(15-26)16-27(29)14-20;1-8-3-2-4(5,6)7;;;/h2*4-10,12,18-21,26-27,29H,3,11,13-17H2,1-2H3;2-3H2,1H3;2*1H;/q2*-1;;;;+2/p-2. The van der Waals surface area contributed by atoms with Crippen LogP contribution in [0.15, 0.2) is 109 Å². The van der Waals surface area contributed by atoms with E-state index in [-0.39, 0.29) is 24.8 Å². The molecule has 2 unspecified atom stereocenters. The molecule has 6 aromatic rings. The number of alkyl halides is 3. The molecule has 14 rings (SSSR count). The molecule has 6 aromatic carbocycles. The van der Waals surface area contributed by atoms with E-state index in [1.165, 1.54) is 155 Å². The molecular weight excluding hydrogens is 1020 g/mol. The fourth-order valence-electron chi connectivity index (χ4n) is 15.4. The van der Waals surface area contributed by atoms with Gasteiger partial charge in [-0.2, -0.15) is 12.1 Å². The molecule has 0 saturated heterocycles. The Balaban J connectivity index is 0.000000159. The fourth-order valence-corrected chi connectivity index (χ4v) is 17.0. The first kappa shape index (κ1) is 54.8. The van der Waals surface area contributed by atoms with E-state index >= 15 is 0 Å². The van der Waals surface area contributed by atoms with E-state index in [1.807, 2.05) is 6.55 Å². The van der Waals surface area contributed by atoms with Gasteiger partial charge >= 0.3 is 67.1 Å². The predicted molar refractivity (Wildman–Crippen MR) is 283 cm³/mol. The molecule has 2 atom stereocenters. The Labute approximate surface area is 452 Å². The molecule has 0 aliphatic heterocycles. The van der Waals surface area contributed by atoms with Crippen molar-refractivity contribution in [1.82, 2.24) is 0 Å². The Morgan fingerprint density at radius 3 is 1.20 bits per heavy atom. The van der Waals surface area contributed by atoms with Crippen molar-refractivity contribution in [2.75, 3.05) is 0 Å². The number of halogens is 5. The van der Waals surface area contributed by atoms with Gasteiger partial charge in [0.25, 0.3) is 0 Å². The minimum atomic E-state index is -3.93. The Morgan fingerprint density at radius 2 is 0.901 bits per heavy atom. The second-order valence-electron chi connectivity index (χ2n) is 23.7. The van der Waals surface area contributed by atoms with Gasteiger partial charge in [0.05, 0.1) is 0 Å². The molecule has 0 nitrogen and oxygen atoms in total. The van der Waals surface area contributed by atoms with Crippen molar-refractivity contribution in [3.63, 3.8) is 0 Å². The number of hydrogen-bond donors (Lipinski definition) is 0. The molecular formula is C64H77Cl2F3SiZr-2. The molecule has 8 aliphatic rings. The summed E-state index contributed by atoms with van der Waals surface area (Å²) in [4.78, 5) is 0. The number of hydrogen-bond acceptors (Lipinski definition) is 0. The zero-order valence-electron chi connectivity index (χ0n) is 43.0. The van der Waals surface area contributed by atoms with Gasteiger partial charge in [0, 0.05) is 0 Å². The third-order valence-electron chi connectivity index (χ3n) is 19.0. The minimum Gasteiger partial charge on any atom is -1.00 e. The minimum absolute atomic E-state index is 0. The average Bonchev–Trinajstić information content (AvgIpc) is 3.96. The Hall–Kier alpha value is -2.43. The van der Waals surface area contributed by atoms with Crippen molar-refractivity contribution < 1.29 is 61.3 Å². The van der Waals surface area contributed by atoms with Crippen LogP contribution in [-0.4, -0.2) is 11.6 Å². The van der Waals surface area contributed by atoms with Gasteiger partial charge in [0.1, 0.15) is 0 Å². The van der Waals surface area contributed by atoms with E-state index in [0.717, 1.165) is 59.2 Å². The van der Waals surface area contributed by atoms with Gasteiger partial charge in [-0.15, -0.1) is 69.1 Å². The van der Waals surface area contributed by atoms with Crippen molar-refractivity contribution in [3.8, 4) is 22.3 Å². The molecule has 0 aromatic heterocycles. The Morgan fingerprint density at radius 1 is 0.549 bits per heavy atom. The first-order valence-electron chi connectivity index (χ1n) is 27.4. The maximum absolute atomic E-state index is 11.4. The largest absolute Gasteiger partial charge is 1.00 e. The van der Waals surface area contributed by atoms with E-state index in [1.54, 1.807) is 24.0 Å².